The SMILES string of the molecule is CC(NC(=O)c1cnccc1Cl)C1CCOCC1. The standard InChI is InChI=1S/C13H17ClN2O2/c1-9(10-3-6-18-7-4-10)16-13(17)11-8-15-5-2-12(11)14/h2,5,8-10H,3-4,6-7H2,1H3,(H,16,17). The number of ether oxygens (including phenoxy) is 1. The molecule has 2 heterocycles. The summed E-state index contributed by atoms with van der Waals surface area (Å²) in [5.74, 6) is 0.310. The second kappa shape index (κ2) is 6.16. The predicted octanol–water partition coefficient (Wildman–Crippen LogP) is 2.28. The molecule has 1 atom stereocenters. The van der Waals surface area contributed by atoms with Crippen LogP contribution in [0.15, 0.2) is 18.5 Å². The molecule has 0 aromatic carbocycles. The summed E-state index contributed by atoms with van der Waals surface area (Å²) in [5.41, 5.74) is 0.429. The number of carbonyl (C=O) groups is 1. The molecule has 0 saturated carbocycles. The summed E-state index contributed by atoms with van der Waals surface area (Å²) >= 11 is 5.97. The van der Waals surface area contributed by atoms with Gasteiger partial charge >= 0.3 is 0 Å². The van der Waals surface area contributed by atoms with Gasteiger partial charge in [-0.1, -0.05) is 11.6 Å². The van der Waals surface area contributed by atoms with E-state index in [0.29, 0.717) is 16.5 Å². The van der Waals surface area contributed by atoms with Crippen molar-refractivity contribution in [1.29, 1.82) is 0 Å². The number of hydrogen-bond donors (Lipinski definition) is 1. The topological polar surface area (TPSA) is 51.2 Å². The van der Waals surface area contributed by atoms with Crippen molar-refractivity contribution in [2.24, 2.45) is 5.92 Å². The van der Waals surface area contributed by atoms with Gasteiger partial charge in [-0.15, -0.1) is 0 Å². The van der Waals surface area contributed by atoms with Crippen LogP contribution < -0.4 is 5.32 Å². The first kappa shape index (κ1) is 13.3. The van der Waals surface area contributed by atoms with Gasteiger partial charge in [-0.3, -0.25) is 9.78 Å². The van der Waals surface area contributed by atoms with Crippen molar-refractivity contribution in [1.82, 2.24) is 10.3 Å². The average molecular weight is 269 g/mol. The Morgan fingerprint density at radius 1 is 1.56 bits per heavy atom. The number of halogens is 1. The number of nitrogens with one attached hydrogen (secondary N) is 1. The predicted molar refractivity (Wildman–Crippen MR) is 69.7 cm³/mol. The Balaban J connectivity index is 1.96. The molecule has 1 saturated heterocycles. The summed E-state index contributed by atoms with van der Waals surface area (Å²) in [5, 5.41) is 3.42. The van der Waals surface area contributed by atoms with E-state index < -0.39 is 0 Å². The van der Waals surface area contributed by atoms with Crippen molar-refractivity contribution >= 4 is 17.5 Å². The van der Waals surface area contributed by atoms with Crippen molar-refractivity contribution < 1.29 is 9.53 Å². The average Bonchev–Trinajstić information content (AvgIpc) is 2.40. The highest BCUT2D eigenvalue weighted by atomic mass is 35.5. The lowest BCUT2D eigenvalue weighted by Gasteiger charge is -2.28. The summed E-state index contributed by atoms with van der Waals surface area (Å²) in [6.07, 6.45) is 5.04. The molecule has 4 nitrogen and oxygen atoms in total. The van der Waals surface area contributed by atoms with E-state index in [0.717, 1.165) is 26.1 Å². The molecule has 1 amide bonds. The molecule has 1 aromatic rings. The molecule has 0 aliphatic carbocycles. The maximum atomic E-state index is 12.1. The smallest absolute Gasteiger partial charge is 0.254 e. The molecule has 98 valence electrons. The molecule has 0 radical (unpaired) electrons. The summed E-state index contributed by atoms with van der Waals surface area (Å²) < 4.78 is 5.31. The zero-order chi connectivity index (χ0) is 13.0. The maximum Gasteiger partial charge on any atom is 0.254 e. The van der Waals surface area contributed by atoms with Crippen molar-refractivity contribution in [2.75, 3.05) is 13.2 Å². The quantitative estimate of drug-likeness (QED) is 0.915. The molecule has 1 unspecified atom stereocenters. The number of aromatic nitrogens is 1. The third kappa shape index (κ3) is 3.21. The Hall–Kier alpha value is -1.13. The van der Waals surface area contributed by atoms with E-state index in [2.05, 4.69) is 10.3 Å². The second-order valence-corrected chi connectivity index (χ2v) is 4.97. The molecule has 1 aliphatic rings. The van der Waals surface area contributed by atoms with E-state index in [9.17, 15) is 4.79 Å². The van der Waals surface area contributed by atoms with E-state index in [1.165, 1.54) is 6.20 Å². The first-order chi connectivity index (χ1) is 8.68. The van der Waals surface area contributed by atoms with Gasteiger partial charge in [-0.05, 0) is 31.7 Å². The summed E-state index contributed by atoms with van der Waals surface area (Å²) in [7, 11) is 0. The van der Waals surface area contributed by atoms with Crippen LogP contribution in [0.1, 0.15) is 30.1 Å². The number of carbonyl (C=O) groups excluding carboxylic acids is 1. The fraction of sp³-hybridized carbons (Fsp3) is 0.538. The van der Waals surface area contributed by atoms with Gasteiger partial charge in [0.25, 0.3) is 5.91 Å². The minimum Gasteiger partial charge on any atom is -0.381 e. The normalized spacial score (nSPS) is 18.3. The van der Waals surface area contributed by atoms with Gasteiger partial charge < -0.3 is 10.1 Å². The highest BCUT2D eigenvalue weighted by Gasteiger charge is 2.22. The molecular weight excluding hydrogens is 252 g/mol. The van der Waals surface area contributed by atoms with Gasteiger partial charge in [0, 0.05) is 31.6 Å². The van der Waals surface area contributed by atoms with Gasteiger partial charge in [-0.2, -0.15) is 0 Å². The molecule has 0 spiro atoms. The zero-order valence-corrected chi connectivity index (χ0v) is 11.1. The lowest BCUT2D eigenvalue weighted by Crippen LogP contribution is -2.40. The van der Waals surface area contributed by atoms with Crippen LogP contribution in [0.2, 0.25) is 5.02 Å². The van der Waals surface area contributed by atoms with Crippen LogP contribution in [0.25, 0.3) is 0 Å². The van der Waals surface area contributed by atoms with Crippen molar-refractivity contribution in [3.8, 4) is 0 Å². The van der Waals surface area contributed by atoms with Crippen molar-refractivity contribution in [2.45, 2.75) is 25.8 Å². The van der Waals surface area contributed by atoms with Crippen molar-refractivity contribution in [3.05, 3.63) is 29.0 Å². The summed E-state index contributed by atoms with van der Waals surface area (Å²) in [6, 6.07) is 1.74. The van der Waals surface area contributed by atoms with Crippen molar-refractivity contribution in [3.63, 3.8) is 0 Å². The van der Waals surface area contributed by atoms with E-state index >= 15 is 0 Å². The van der Waals surface area contributed by atoms with Gasteiger partial charge in [0.05, 0.1) is 10.6 Å². The molecule has 1 N–H and O–H groups in total. The lowest BCUT2D eigenvalue weighted by molar-refractivity contribution is 0.0538. The minimum absolute atomic E-state index is 0.123. The second-order valence-electron chi connectivity index (χ2n) is 4.57. The monoisotopic (exact) mass is 268 g/mol. The number of rotatable bonds is 3. The van der Waals surface area contributed by atoms with E-state index in [1.54, 1.807) is 12.3 Å². The molecule has 18 heavy (non-hydrogen) atoms. The van der Waals surface area contributed by atoms with Gasteiger partial charge in [0.1, 0.15) is 0 Å². The van der Waals surface area contributed by atoms with Crippen LogP contribution in [0, 0.1) is 5.92 Å². The Morgan fingerprint density at radius 2 is 2.28 bits per heavy atom. The van der Waals surface area contributed by atoms with Crippen LogP contribution >= 0.6 is 11.6 Å². The number of hydrogen-bond acceptors (Lipinski definition) is 3. The summed E-state index contributed by atoms with van der Waals surface area (Å²) in [6.45, 7) is 3.58. The van der Waals surface area contributed by atoms with Crippen LogP contribution in [0.5, 0.6) is 0 Å². The van der Waals surface area contributed by atoms with E-state index in [4.69, 9.17) is 16.3 Å². The molecule has 5 heteroatoms. The lowest BCUT2D eigenvalue weighted by atomic mass is 9.93. The molecule has 1 aliphatic heterocycles. The fourth-order valence-electron chi connectivity index (χ4n) is 2.16. The van der Waals surface area contributed by atoms with E-state index in [1.807, 2.05) is 6.92 Å². The zero-order valence-electron chi connectivity index (χ0n) is 10.4. The first-order valence-corrected chi connectivity index (χ1v) is 6.54. The summed E-state index contributed by atoms with van der Waals surface area (Å²) in [4.78, 5) is 16.0. The fourth-order valence-corrected chi connectivity index (χ4v) is 2.35. The number of pyridine rings is 1. The van der Waals surface area contributed by atoms with Gasteiger partial charge in [0.15, 0.2) is 0 Å². The van der Waals surface area contributed by atoms with Gasteiger partial charge in [0.2, 0.25) is 0 Å². The highest BCUT2D eigenvalue weighted by Crippen LogP contribution is 2.19. The van der Waals surface area contributed by atoms with Crippen LogP contribution in [0.3, 0.4) is 0 Å². The first-order valence-electron chi connectivity index (χ1n) is 6.16. The Labute approximate surface area is 112 Å². The van der Waals surface area contributed by atoms with Crippen LogP contribution in [0.4, 0.5) is 0 Å². The number of amides is 1. The molecule has 0 bridgehead atoms. The van der Waals surface area contributed by atoms with E-state index in [-0.39, 0.29) is 11.9 Å². The largest absolute Gasteiger partial charge is 0.381 e. The third-order valence-corrected chi connectivity index (χ3v) is 3.67. The Morgan fingerprint density at radius 3 is 2.94 bits per heavy atom. The minimum atomic E-state index is -0.160. The highest BCUT2D eigenvalue weighted by molar-refractivity contribution is 6.33. The van der Waals surface area contributed by atoms with Gasteiger partial charge in [-0.25, -0.2) is 0 Å². The maximum absolute atomic E-state index is 12.1. The molecular formula is C13H17ClN2O2. The Bertz CT molecular complexity index is 419. The third-order valence-electron chi connectivity index (χ3n) is 3.34. The molecule has 2 rings (SSSR count). The molecule has 1 aromatic heterocycles. The number of nitrogens with zero attached hydrogens (tertiary/aromatic N) is 1. The molecule has 1 fully saturated rings. The Kier molecular flexibility index (Phi) is 4.55. The van der Waals surface area contributed by atoms with Crippen LogP contribution in [-0.2, 0) is 4.74 Å². The van der Waals surface area contributed by atoms with Crippen LogP contribution in [-0.4, -0.2) is 30.1 Å².